The van der Waals surface area contributed by atoms with E-state index in [1.165, 1.54) is 4.90 Å². The van der Waals surface area contributed by atoms with Crippen molar-refractivity contribution in [1.82, 2.24) is 24.3 Å². The normalized spacial score (nSPS) is 15.9. The molecule has 1 saturated heterocycles. The number of pyridine rings is 1. The van der Waals surface area contributed by atoms with Crippen LogP contribution in [-0.4, -0.2) is 70.9 Å². The van der Waals surface area contributed by atoms with E-state index in [0.29, 0.717) is 35.5 Å². The van der Waals surface area contributed by atoms with Crippen molar-refractivity contribution in [3.8, 4) is 28.4 Å². The molecule has 8 nitrogen and oxygen atoms in total. The van der Waals surface area contributed by atoms with Gasteiger partial charge in [-0.25, -0.2) is 4.98 Å². The third kappa shape index (κ3) is 3.76. The molecule has 1 unspecified atom stereocenters. The number of aromatic nitrogens is 3. The molecule has 0 radical (unpaired) electrons. The fraction of sp³-hybridized carbons (Fsp3) is 0.304. The van der Waals surface area contributed by atoms with Gasteiger partial charge in [0.1, 0.15) is 11.6 Å². The van der Waals surface area contributed by atoms with Crippen LogP contribution in [0.25, 0.3) is 22.6 Å². The van der Waals surface area contributed by atoms with Gasteiger partial charge in [0, 0.05) is 63.8 Å². The lowest BCUT2D eigenvalue weighted by molar-refractivity contribution is -0.126. The second kappa shape index (κ2) is 8.22. The minimum Gasteiger partial charge on any atom is -0.496 e. The molecule has 0 bridgehead atoms. The number of amides is 2. The number of hydrogen-bond acceptors (Lipinski definition) is 5. The summed E-state index contributed by atoms with van der Waals surface area (Å²) in [4.78, 5) is 37.1. The molecule has 1 aliphatic rings. The van der Waals surface area contributed by atoms with Crippen LogP contribution in [0.1, 0.15) is 22.8 Å². The van der Waals surface area contributed by atoms with Crippen molar-refractivity contribution in [3.63, 3.8) is 0 Å². The molecule has 8 heteroatoms. The van der Waals surface area contributed by atoms with E-state index in [1.807, 2.05) is 36.0 Å². The topological polar surface area (TPSA) is 80.6 Å². The molecule has 1 fully saturated rings. The fourth-order valence-corrected chi connectivity index (χ4v) is 3.92. The number of carbonyl (C=O) groups is 2. The molecule has 1 aliphatic heterocycles. The number of hydrogen-bond donors (Lipinski definition) is 0. The van der Waals surface area contributed by atoms with Gasteiger partial charge < -0.3 is 19.1 Å². The van der Waals surface area contributed by atoms with Gasteiger partial charge in [0.05, 0.1) is 24.4 Å². The third-order valence-electron chi connectivity index (χ3n) is 5.54. The summed E-state index contributed by atoms with van der Waals surface area (Å²) in [7, 11) is 6.83. The summed E-state index contributed by atoms with van der Waals surface area (Å²) in [5, 5.41) is 0. The Labute approximate surface area is 181 Å². The van der Waals surface area contributed by atoms with Gasteiger partial charge >= 0.3 is 0 Å². The molecule has 1 aromatic carbocycles. The number of nitrogens with zero attached hydrogens (tertiary/aromatic N) is 5. The van der Waals surface area contributed by atoms with Crippen LogP contribution in [0.15, 0.2) is 48.9 Å². The number of carbonyl (C=O) groups excluding carboxylic acids is 2. The Morgan fingerprint density at radius 2 is 2.00 bits per heavy atom. The van der Waals surface area contributed by atoms with Crippen molar-refractivity contribution in [2.45, 2.75) is 12.5 Å². The van der Waals surface area contributed by atoms with Crippen molar-refractivity contribution in [3.05, 3.63) is 54.5 Å². The molecule has 0 spiro atoms. The summed E-state index contributed by atoms with van der Waals surface area (Å²) in [5.74, 6) is 1.36. The highest BCUT2D eigenvalue weighted by atomic mass is 16.5. The van der Waals surface area contributed by atoms with Gasteiger partial charge in [0.2, 0.25) is 5.91 Å². The molecular weight excluding hydrogens is 394 g/mol. The molecule has 3 aromatic rings. The number of methoxy groups -OCH3 is 1. The quantitative estimate of drug-likeness (QED) is 0.635. The van der Waals surface area contributed by atoms with Crippen LogP contribution in [0, 0.1) is 0 Å². The van der Waals surface area contributed by atoms with Gasteiger partial charge in [-0.2, -0.15) is 0 Å². The Hall–Kier alpha value is -3.68. The Bertz CT molecular complexity index is 1140. The first kappa shape index (κ1) is 20.6. The highest BCUT2D eigenvalue weighted by Crippen LogP contribution is 2.36. The van der Waals surface area contributed by atoms with Crippen LogP contribution in [0.3, 0.4) is 0 Å². The SMILES string of the molecule is COc1ccc(-c2nccn2C2CC(=O)N(C)C2)cc1-c1ncccc1C(=O)N(C)C. The second-order valence-electron chi connectivity index (χ2n) is 7.80. The predicted octanol–water partition coefficient (Wildman–Crippen LogP) is 2.73. The zero-order chi connectivity index (χ0) is 22.1. The van der Waals surface area contributed by atoms with Gasteiger partial charge in [-0.15, -0.1) is 0 Å². The van der Waals surface area contributed by atoms with E-state index < -0.39 is 0 Å². The van der Waals surface area contributed by atoms with Crippen LogP contribution >= 0.6 is 0 Å². The second-order valence-corrected chi connectivity index (χ2v) is 7.80. The van der Waals surface area contributed by atoms with Crippen LogP contribution in [-0.2, 0) is 4.79 Å². The lowest BCUT2D eigenvalue weighted by Crippen LogP contribution is -2.22. The monoisotopic (exact) mass is 419 g/mol. The Morgan fingerprint density at radius 1 is 1.19 bits per heavy atom. The van der Waals surface area contributed by atoms with E-state index in [1.54, 1.807) is 50.6 Å². The molecule has 160 valence electrons. The molecule has 2 aromatic heterocycles. The summed E-state index contributed by atoms with van der Waals surface area (Å²) in [6.07, 6.45) is 5.75. The number of benzene rings is 1. The first-order valence-electron chi connectivity index (χ1n) is 10.0. The largest absolute Gasteiger partial charge is 0.496 e. The standard InChI is InChI=1S/C23H25N5O3/c1-26(2)23(30)17-6-5-9-24-21(17)18-12-15(7-8-19(18)31-4)22-25-10-11-28(22)16-13-20(29)27(3)14-16/h5-12,16H,13-14H2,1-4H3. The van der Waals surface area contributed by atoms with Crippen molar-refractivity contribution < 1.29 is 14.3 Å². The van der Waals surface area contributed by atoms with E-state index in [0.717, 1.165) is 11.4 Å². The molecule has 4 rings (SSSR count). The lowest BCUT2D eigenvalue weighted by Gasteiger charge is -2.18. The number of imidazole rings is 1. The van der Waals surface area contributed by atoms with Crippen LogP contribution < -0.4 is 4.74 Å². The molecule has 1 atom stereocenters. The van der Waals surface area contributed by atoms with Gasteiger partial charge in [-0.3, -0.25) is 14.6 Å². The maximum Gasteiger partial charge on any atom is 0.255 e. The molecule has 0 N–H and O–H groups in total. The smallest absolute Gasteiger partial charge is 0.255 e. The Kier molecular flexibility index (Phi) is 5.46. The summed E-state index contributed by atoms with van der Waals surface area (Å²) < 4.78 is 7.62. The maximum atomic E-state index is 12.7. The van der Waals surface area contributed by atoms with E-state index in [-0.39, 0.29) is 17.9 Å². The zero-order valence-electron chi connectivity index (χ0n) is 18.1. The molecule has 2 amide bonds. The summed E-state index contributed by atoms with van der Waals surface area (Å²) in [6, 6.07) is 9.26. The van der Waals surface area contributed by atoms with E-state index in [2.05, 4.69) is 9.97 Å². The van der Waals surface area contributed by atoms with Gasteiger partial charge in [0.15, 0.2) is 0 Å². The maximum absolute atomic E-state index is 12.7. The van der Waals surface area contributed by atoms with Gasteiger partial charge in [-0.1, -0.05) is 0 Å². The third-order valence-corrected chi connectivity index (χ3v) is 5.54. The van der Waals surface area contributed by atoms with Crippen molar-refractivity contribution in [1.29, 1.82) is 0 Å². The average molecular weight is 419 g/mol. The lowest BCUT2D eigenvalue weighted by atomic mass is 10.0. The number of likely N-dealkylation sites (tertiary alicyclic amines) is 1. The van der Waals surface area contributed by atoms with Crippen molar-refractivity contribution in [2.75, 3.05) is 34.8 Å². The van der Waals surface area contributed by atoms with E-state index >= 15 is 0 Å². The number of rotatable bonds is 5. The van der Waals surface area contributed by atoms with E-state index in [9.17, 15) is 9.59 Å². The number of likely N-dealkylation sites (N-methyl/N-ethyl adjacent to an activating group) is 1. The van der Waals surface area contributed by atoms with Crippen LogP contribution in [0.2, 0.25) is 0 Å². The minimum absolute atomic E-state index is 0.0290. The van der Waals surface area contributed by atoms with Gasteiger partial charge in [-0.05, 0) is 30.3 Å². The molecular formula is C23H25N5O3. The Morgan fingerprint density at radius 3 is 2.68 bits per heavy atom. The highest BCUT2D eigenvalue weighted by molar-refractivity contribution is 6.00. The predicted molar refractivity (Wildman–Crippen MR) is 117 cm³/mol. The molecule has 0 aliphatic carbocycles. The molecule has 0 saturated carbocycles. The molecule has 31 heavy (non-hydrogen) atoms. The fourth-order valence-electron chi connectivity index (χ4n) is 3.92. The number of ether oxygens (including phenoxy) is 1. The van der Waals surface area contributed by atoms with Crippen molar-refractivity contribution in [2.24, 2.45) is 0 Å². The highest BCUT2D eigenvalue weighted by Gasteiger charge is 2.29. The first-order valence-corrected chi connectivity index (χ1v) is 10.0. The summed E-state index contributed by atoms with van der Waals surface area (Å²) >= 11 is 0. The first-order chi connectivity index (χ1) is 14.9. The Balaban J connectivity index is 1.81. The van der Waals surface area contributed by atoms with E-state index in [4.69, 9.17) is 4.74 Å². The molecule has 3 heterocycles. The van der Waals surface area contributed by atoms with Crippen molar-refractivity contribution >= 4 is 11.8 Å². The van der Waals surface area contributed by atoms with Crippen LogP contribution in [0.4, 0.5) is 0 Å². The zero-order valence-corrected chi connectivity index (χ0v) is 18.1. The van der Waals surface area contributed by atoms with Gasteiger partial charge in [0.25, 0.3) is 5.91 Å². The summed E-state index contributed by atoms with van der Waals surface area (Å²) in [6.45, 7) is 0.646. The average Bonchev–Trinajstić information content (AvgIpc) is 3.39. The minimum atomic E-state index is -0.135. The summed E-state index contributed by atoms with van der Waals surface area (Å²) in [5.41, 5.74) is 2.61. The van der Waals surface area contributed by atoms with Crippen LogP contribution in [0.5, 0.6) is 5.75 Å².